The summed E-state index contributed by atoms with van der Waals surface area (Å²) in [5.74, 6) is 5.63. The van der Waals surface area contributed by atoms with Gasteiger partial charge in [0, 0.05) is 12.6 Å². The molecule has 0 radical (unpaired) electrons. The molecule has 1 amide bonds. The lowest BCUT2D eigenvalue weighted by molar-refractivity contribution is 0.0715. The van der Waals surface area contributed by atoms with Crippen molar-refractivity contribution in [1.29, 1.82) is 5.26 Å². The Morgan fingerprint density at radius 1 is 1.53 bits per heavy atom. The zero-order valence-electron chi connectivity index (χ0n) is 11.1. The van der Waals surface area contributed by atoms with Crippen molar-refractivity contribution in [1.82, 2.24) is 4.90 Å². The minimum atomic E-state index is -0.0453. The molecule has 0 atom stereocenters. The molecule has 0 saturated heterocycles. The monoisotopic (exact) mass is 275 g/mol. The second-order valence-electron chi connectivity index (χ2n) is 4.17. The van der Waals surface area contributed by atoms with Crippen molar-refractivity contribution < 1.29 is 4.79 Å². The second-order valence-corrected chi connectivity index (χ2v) is 5.25. The van der Waals surface area contributed by atoms with Crippen LogP contribution in [0.25, 0.3) is 0 Å². The lowest BCUT2D eigenvalue weighted by Crippen LogP contribution is -2.37. The first-order chi connectivity index (χ1) is 9.10. The van der Waals surface area contributed by atoms with Crippen LogP contribution in [0.5, 0.6) is 0 Å². The number of hydrogen-bond donors (Lipinski definition) is 1. The maximum Gasteiger partial charge on any atom is 0.264 e. The van der Waals surface area contributed by atoms with Gasteiger partial charge in [-0.3, -0.25) is 4.79 Å². The van der Waals surface area contributed by atoms with E-state index in [0.29, 0.717) is 24.4 Å². The Morgan fingerprint density at radius 2 is 2.26 bits per heavy atom. The van der Waals surface area contributed by atoms with E-state index >= 15 is 0 Å². The molecule has 0 aliphatic rings. The van der Waals surface area contributed by atoms with Gasteiger partial charge >= 0.3 is 0 Å². The Morgan fingerprint density at radius 3 is 2.84 bits per heavy atom. The summed E-state index contributed by atoms with van der Waals surface area (Å²) < 4.78 is 0. The number of nitrogens with two attached hydrogens (primary N) is 1. The van der Waals surface area contributed by atoms with Gasteiger partial charge in [-0.25, -0.2) is 0 Å². The molecule has 100 valence electrons. The first kappa shape index (κ1) is 15.2. The molecule has 2 N–H and O–H groups in total. The van der Waals surface area contributed by atoms with E-state index in [1.54, 1.807) is 11.0 Å². The van der Waals surface area contributed by atoms with Crippen LogP contribution in [0.15, 0.2) is 12.1 Å². The number of amides is 1. The predicted octanol–water partition coefficient (Wildman–Crippen LogP) is 1.82. The summed E-state index contributed by atoms with van der Waals surface area (Å²) in [6, 6.07) is 5.73. The zero-order chi connectivity index (χ0) is 14.3. The minimum Gasteiger partial charge on any atom is -0.334 e. The lowest BCUT2D eigenvalue weighted by atomic mass is 10.2. The van der Waals surface area contributed by atoms with Crippen molar-refractivity contribution in [3.8, 4) is 17.9 Å². The summed E-state index contributed by atoms with van der Waals surface area (Å²) in [7, 11) is 0. The molecule has 0 fully saturated rings. The Kier molecular flexibility index (Phi) is 6.08. The fraction of sp³-hybridized carbons (Fsp3) is 0.429. The average Bonchev–Trinajstić information content (AvgIpc) is 2.85. The van der Waals surface area contributed by atoms with Crippen LogP contribution in [0.1, 0.15) is 34.8 Å². The molecule has 5 heteroatoms. The van der Waals surface area contributed by atoms with E-state index in [4.69, 9.17) is 11.0 Å². The molecule has 1 aromatic heterocycles. The molecule has 0 spiro atoms. The van der Waals surface area contributed by atoms with E-state index in [1.165, 1.54) is 11.3 Å². The maximum atomic E-state index is 12.3. The summed E-state index contributed by atoms with van der Waals surface area (Å²) in [5, 5.41) is 8.64. The van der Waals surface area contributed by atoms with Crippen LogP contribution in [0.4, 0.5) is 0 Å². The van der Waals surface area contributed by atoms with Crippen LogP contribution in [0, 0.1) is 23.2 Å². The van der Waals surface area contributed by atoms with Gasteiger partial charge in [0.1, 0.15) is 0 Å². The number of rotatable bonds is 4. The van der Waals surface area contributed by atoms with Crippen molar-refractivity contribution >= 4 is 17.2 Å². The molecule has 1 aromatic rings. The first-order valence-corrected chi connectivity index (χ1v) is 6.88. The molecular formula is C14H17N3OS. The average molecular weight is 275 g/mol. The van der Waals surface area contributed by atoms with Crippen LogP contribution in [-0.2, 0) is 0 Å². The lowest BCUT2D eigenvalue weighted by Gasteiger charge is -2.25. The standard InChI is InChI=1S/C14H17N3OS/c1-11(2)17(10-4-9-16)14(18)13-7-6-12(19-13)5-3-8-15/h6-7,11H,4,8,10,15H2,1-2H3. The largest absolute Gasteiger partial charge is 0.334 e. The molecule has 4 nitrogen and oxygen atoms in total. The van der Waals surface area contributed by atoms with Gasteiger partial charge in [0.05, 0.1) is 28.8 Å². The minimum absolute atomic E-state index is 0.0453. The van der Waals surface area contributed by atoms with Gasteiger partial charge in [0.2, 0.25) is 0 Å². The van der Waals surface area contributed by atoms with Crippen LogP contribution >= 0.6 is 11.3 Å². The van der Waals surface area contributed by atoms with Crippen molar-refractivity contribution in [3.63, 3.8) is 0 Å². The highest BCUT2D eigenvalue weighted by Crippen LogP contribution is 2.18. The van der Waals surface area contributed by atoms with Gasteiger partial charge in [-0.1, -0.05) is 11.8 Å². The second kappa shape index (κ2) is 7.58. The van der Waals surface area contributed by atoms with Crippen LogP contribution in [0.3, 0.4) is 0 Å². The Hall–Kier alpha value is -1.82. The Balaban J connectivity index is 2.85. The normalized spacial score (nSPS) is 9.63. The van der Waals surface area contributed by atoms with E-state index in [9.17, 15) is 4.79 Å². The van der Waals surface area contributed by atoms with Crippen molar-refractivity contribution in [2.45, 2.75) is 26.3 Å². The molecule has 0 aliphatic heterocycles. The molecular weight excluding hydrogens is 258 g/mol. The SMILES string of the molecule is CC(C)N(CCC#N)C(=O)c1ccc(C#CCN)s1. The molecule has 0 aromatic carbocycles. The van der Waals surface area contributed by atoms with Crippen LogP contribution in [-0.4, -0.2) is 29.9 Å². The van der Waals surface area contributed by atoms with Gasteiger partial charge in [-0.05, 0) is 26.0 Å². The zero-order valence-corrected chi connectivity index (χ0v) is 12.0. The number of carbonyl (C=O) groups is 1. The van der Waals surface area contributed by atoms with Gasteiger partial charge in [0.15, 0.2) is 0 Å². The highest BCUT2D eigenvalue weighted by atomic mass is 32.1. The fourth-order valence-electron chi connectivity index (χ4n) is 1.56. The van der Waals surface area contributed by atoms with E-state index in [2.05, 4.69) is 17.9 Å². The third-order valence-corrected chi connectivity index (χ3v) is 3.47. The molecule has 0 bridgehead atoms. The fourth-order valence-corrected chi connectivity index (χ4v) is 2.40. The predicted molar refractivity (Wildman–Crippen MR) is 76.7 cm³/mol. The van der Waals surface area contributed by atoms with E-state index in [0.717, 1.165) is 4.88 Å². The summed E-state index contributed by atoms with van der Waals surface area (Å²) in [4.78, 5) is 15.5. The quantitative estimate of drug-likeness (QED) is 0.852. The van der Waals surface area contributed by atoms with Crippen molar-refractivity contribution in [2.75, 3.05) is 13.1 Å². The number of thiophene rings is 1. The van der Waals surface area contributed by atoms with Crippen LogP contribution in [0.2, 0.25) is 0 Å². The van der Waals surface area contributed by atoms with E-state index in [1.807, 2.05) is 19.9 Å². The summed E-state index contributed by atoms with van der Waals surface area (Å²) in [5.41, 5.74) is 5.31. The third-order valence-electron chi connectivity index (χ3n) is 2.48. The highest BCUT2D eigenvalue weighted by Gasteiger charge is 2.19. The molecule has 19 heavy (non-hydrogen) atoms. The smallest absolute Gasteiger partial charge is 0.264 e. The molecule has 0 unspecified atom stereocenters. The number of hydrogen-bond acceptors (Lipinski definition) is 4. The molecule has 1 heterocycles. The van der Waals surface area contributed by atoms with E-state index < -0.39 is 0 Å². The summed E-state index contributed by atoms with van der Waals surface area (Å²) in [6.45, 7) is 4.65. The number of nitriles is 1. The van der Waals surface area contributed by atoms with Crippen molar-refractivity contribution in [3.05, 3.63) is 21.9 Å². The first-order valence-electron chi connectivity index (χ1n) is 6.06. The van der Waals surface area contributed by atoms with Gasteiger partial charge < -0.3 is 10.6 Å². The topological polar surface area (TPSA) is 70.1 Å². The van der Waals surface area contributed by atoms with Crippen LogP contribution < -0.4 is 5.73 Å². The number of carbonyl (C=O) groups excluding carboxylic acids is 1. The number of nitrogens with zero attached hydrogens (tertiary/aromatic N) is 2. The van der Waals surface area contributed by atoms with E-state index in [-0.39, 0.29) is 11.9 Å². The summed E-state index contributed by atoms with van der Waals surface area (Å²) in [6.07, 6.45) is 0.342. The highest BCUT2D eigenvalue weighted by molar-refractivity contribution is 7.14. The summed E-state index contributed by atoms with van der Waals surface area (Å²) >= 11 is 1.36. The third kappa shape index (κ3) is 4.40. The van der Waals surface area contributed by atoms with Crippen molar-refractivity contribution in [2.24, 2.45) is 5.73 Å². The van der Waals surface area contributed by atoms with Gasteiger partial charge in [-0.15, -0.1) is 11.3 Å². The molecule has 1 rings (SSSR count). The Bertz CT molecular complexity index is 531. The Labute approximate surface area is 117 Å². The molecule has 0 aliphatic carbocycles. The van der Waals surface area contributed by atoms with Gasteiger partial charge in [-0.2, -0.15) is 5.26 Å². The van der Waals surface area contributed by atoms with Gasteiger partial charge in [0.25, 0.3) is 5.91 Å². The molecule has 0 saturated carbocycles. The maximum absolute atomic E-state index is 12.3.